The van der Waals surface area contributed by atoms with Crippen LogP contribution in [0.5, 0.6) is 0 Å². The summed E-state index contributed by atoms with van der Waals surface area (Å²) in [5.41, 5.74) is 0. The van der Waals surface area contributed by atoms with Crippen molar-refractivity contribution in [3.63, 3.8) is 0 Å². The normalized spacial score (nSPS) is 17.3. The van der Waals surface area contributed by atoms with Gasteiger partial charge in [-0.3, -0.25) is 0 Å². The first-order valence-electron chi connectivity index (χ1n) is 4.42. The molecule has 4 nitrogen and oxygen atoms in total. The van der Waals surface area contributed by atoms with Gasteiger partial charge in [0.25, 0.3) is 0 Å². The van der Waals surface area contributed by atoms with Crippen LogP contribution in [0, 0.1) is 12.8 Å². The van der Waals surface area contributed by atoms with Gasteiger partial charge in [-0.25, -0.2) is 0 Å². The third kappa shape index (κ3) is 2.45. The topological polar surface area (TPSA) is 51.0 Å². The molecule has 1 aromatic heterocycles. The fraction of sp³-hybridized carbons (Fsp3) is 0.750. The number of aromatic nitrogens is 2. The zero-order chi connectivity index (χ0) is 9.10. The molecule has 0 amide bonds. The van der Waals surface area contributed by atoms with E-state index in [0.29, 0.717) is 5.89 Å². The second-order valence-corrected chi connectivity index (χ2v) is 4.30. The smallest absolute Gasteiger partial charge is 0.223 e. The van der Waals surface area contributed by atoms with Gasteiger partial charge >= 0.3 is 0 Å². The van der Waals surface area contributed by atoms with Gasteiger partial charge in [0.1, 0.15) is 0 Å². The Labute approximate surface area is 81.5 Å². The van der Waals surface area contributed by atoms with Crippen molar-refractivity contribution in [3.05, 3.63) is 11.7 Å². The maximum absolute atomic E-state index is 4.88. The predicted octanol–water partition coefficient (Wildman–Crippen LogP) is 0.831. The van der Waals surface area contributed by atoms with Crippen LogP contribution in [0.1, 0.15) is 11.7 Å². The Morgan fingerprint density at radius 2 is 2.46 bits per heavy atom. The highest BCUT2D eigenvalue weighted by molar-refractivity contribution is 7.98. The lowest BCUT2D eigenvalue weighted by Gasteiger charge is -2.26. The molecule has 0 aromatic carbocycles. The SMILES string of the molecule is Cc1nc(CSCC2CNC2)no1. The van der Waals surface area contributed by atoms with Crippen molar-refractivity contribution in [1.29, 1.82) is 0 Å². The minimum atomic E-state index is 0.654. The Bertz CT molecular complexity index is 272. The highest BCUT2D eigenvalue weighted by Gasteiger charge is 2.16. The number of hydrogen-bond acceptors (Lipinski definition) is 5. The Kier molecular flexibility index (Phi) is 2.85. The van der Waals surface area contributed by atoms with Crippen LogP contribution in [0.25, 0.3) is 0 Å². The highest BCUT2D eigenvalue weighted by atomic mass is 32.2. The lowest BCUT2D eigenvalue weighted by molar-refractivity contribution is 0.384. The molecule has 0 aliphatic carbocycles. The van der Waals surface area contributed by atoms with Gasteiger partial charge in [0.15, 0.2) is 5.82 Å². The van der Waals surface area contributed by atoms with E-state index < -0.39 is 0 Å². The van der Waals surface area contributed by atoms with Crippen LogP contribution in [-0.2, 0) is 5.75 Å². The average molecular weight is 199 g/mol. The molecule has 1 N–H and O–H groups in total. The molecule has 1 fully saturated rings. The van der Waals surface area contributed by atoms with E-state index in [2.05, 4.69) is 15.5 Å². The zero-order valence-electron chi connectivity index (χ0n) is 7.62. The number of hydrogen-bond donors (Lipinski definition) is 1. The molecule has 1 saturated heterocycles. The molecule has 0 saturated carbocycles. The molecular weight excluding hydrogens is 186 g/mol. The number of nitrogens with one attached hydrogen (secondary N) is 1. The van der Waals surface area contributed by atoms with E-state index in [1.807, 2.05) is 18.7 Å². The van der Waals surface area contributed by atoms with Crippen molar-refractivity contribution in [2.24, 2.45) is 5.92 Å². The quantitative estimate of drug-likeness (QED) is 0.778. The minimum Gasteiger partial charge on any atom is -0.340 e. The Balaban J connectivity index is 1.67. The van der Waals surface area contributed by atoms with Crippen molar-refractivity contribution < 1.29 is 4.52 Å². The molecule has 0 radical (unpaired) electrons. The Morgan fingerprint density at radius 1 is 1.62 bits per heavy atom. The molecule has 1 aliphatic rings. The van der Waals surface area contributed by atoms with Gasteiger partial charge in [0.05, 0.1) is 5.75 Å². The Hall–Kier alpha value is -0.550. The molecule has 0 atom stereocenters. The summed E-state index contributed by atoms with van der Waals surface area (Å²) < 4.78 is 4.88. The van der Waals surface area contributed by atoms with E-state index in [0.717, 1.165) is 30.6 Å². The predicted molar refractivity (Wildman–Crippen MR) is 51.6 cm³/mol. The van der Waals surface area contributed by atoms with Crippen LogP contribution in [-0.4, -0.2) is 29.0 Å². The van der Waals surface area contributed by atoms with E-state index in [4.69, 9.17) is 4.52 Å². The number of aryl methyl sites for hydroxylation is 1. The molecule has 0 unspecified atom stereocenters. The van der Waals surface area contributed by atoms with Crippen molar-refractivity contribution >= 4 is 11.8 Å². The fourth-order valence-electron chi connectivity index (χ4n) is 1.18. The van der Waals surface area contributed by atoms with Crippen LogP contribution < -0.4 is 5.32 Å². The largest absolute Gasteiger partial charge is 0.340 e. The molecule has 0 bridgehead atoms. The maximum atomic E-state index is 4.88. The Morgan fingerprint density at radius 3 is 3.00 bits per heavy atom. The van der Waals surface area contributed by atoms with Crippen LogP contribution in [0.3, 0.4) is 0 Å². The van der Waals surface area contributed by atoms with Crippen molar-refractivity contribution in [3.8, 4) is 0 Å². The lowest BCUT2D eigenvalue weighted by Crippen LogP contribution is -2.43. The van der Waals surface area contributed by atoms with E-state index in [-0.39, 0.29) is 0 Å². The monoisotopic (exact) mass is 199 g/mol. The van der Waals surface area contributed by atoms with Crippen molar-refractivity contribution in [2.45, 2.75) is 12.7 Å². The summed E-state index contributed by atoms with van der Waals surface area (Å²) in [6, 6.07) is 0. The second-order valence-electron chi connectivity index (χ2n) is 3.27. The number of thioether (sulfide) groups is 1. The van der Waals surface area contributed by atoms with Crippen LogP contribution in [0.2, 0.25) is 0 Å². The summed E-state index contributed by atoms with van der Waals surface area (Å²) in [5.74, 6) is 4.38. The van der Waals surface area contributed by atoms with E-state index >= 15 is 0 Å². The summed E-state index contributed by atoms with van der Waals surface area (Å²) in [4.78, 5) is 4.14. The first-order chi connectivity index (χ1) is 6.34. The molecule has 0 spiro atoms. The number of nitrogens with zero attached hydrogens (tertiary/aromatic N) is 2. The van der Waals surface area contributed by atoms with Crippen molar-refractivity contribution in [1.82, 2.24) is 15.5 Å². The molecular formula is C8H13N3OS. The van der Waals surface area contributed by atoms with Gasteiger partial charge in [-0.15, -0.1) is 0 Å². The van der Waals surface area contributed by atoms with E-state index in [1.165, 1.54) is 5.75 Å². The summed E-state index contributed by atoms with van der Waals surface area (Å²) in [6.07, 6.45) is 0. The van der Waals surface area contributed by atoms with Crippen LogP contribution in [0.15, 0.2) is 4.52 Å². The average Bonchev–Trinajstić information content (AvgIpc) is 2.42. The number of rotatable bonds is 4. The zero-order valence-corrected chi connectivity index (χ0v) is 8.43. The van der Waals surface area contributed by atoms with E-state index in [9.17, 15) is 0 Å². The van der Waals surface area contributed by atoms with Crippen LogP contribution >= 0.6 is 11.8 Å². The summed E-state index contributed by atoms with van der Waals surface area (Å²) in [6.45, 7) is 4.15. The molecule has 2 rings (SSSR count). The van der Waals surface area contributed by atoms with Gasteiger partial charge in [-0.05, 0) is 24.8 Å². The van der Waals surface area contributed by atoms with Gasteiger partial charge in [-0.1, -0.05) is 5.16 Å². The van der Waals surface area contributed by atoms with Gasteiger partial charge in [0, 0.05) is 6.92 Å². The first-order valence-corrected chi connectivity index (χ1v) is 5.57. The minimum absolute atomic E-state index is 0.654. The van der Waals surface area contributed by atoms with Gasteiger partial charge in [0.2, 0.25) is 5.89 Å². The lowest BCUT2D eigenvalue weighted by atomic mass is 10.1. The second kappa shape index (κ2) is 4.11. The molecule has 72 valence electrons. The third-order valence-corrected chi connectivity index (χ3v) is 3.19. The van der Waals surface area contributed by atoms with Crippen LogP contribution in [0.4, 0.5) is 0 Å². The molecule has 13 heavy (non-hydrogen) atoms. The molecule has 2 heterocycles. The van der Waals surface area contributed by atoms with E-state index in [1.54, 1.807) is 0 Å². The maximum Gasteiger partial charge on any atom is 0.223 e. The molecule has 1 aromatic rings. The van der Waals surface area contributed by atoms with Gasteiger partial charge < -0.3 is 9.84 Å². The summed E-state index contributed by atoms with van der Waals surface area (Å²) >= 11 is 1.88. The molecule has 1 aliphatic heterocycles. The summed E-state index contributed by atoms with van der Waals surface area (Å²) in [7, 11) is 0. The third-order valence-electron chi connectivity index (χ3n) is 2.02. The van der Waals surface area contributed by atoms with Gasteiger partial charge in [-0.2, -0.15) is 16.7 Å². The van der Waals surface area contributed by atoms with Crippen molar-refractivity contribution in [2.75, 3.05) is 18.8 Å². The first kappa shape index (κ1) is 9.02. The molecule has 5 heteroatoms. The summed E-state index contributed by atoms with van der Waals surface area (Å²) in [5, 5.41) is 7.08. The standard InChI is InChI=1S/C8H13N3OS/c1-6-10-8(11-12-6)5-13-4-7-2-9-3-7/h7,9H,2-5H2,1H3. The fourth-order valence-corrected chi connectivity index (χ4v) is 2.17. The highest BCUT2D eigenvalue weighted by Crippen LogP contribution is 2.15.